The van der Waals surface area contributed by atoms with Gasteiger partial charge in [-0.1, -0.05) is 0 Å². The highest BCUT2D eigenvalue weighted by Crippen LogP contribution is 2.39. The Morgan fingerprint density at radius 2 is 1.83 bits per heavy atom. The maximum absolute atomic E-state index is 12.6. The van der Waals surface area contributed by atoms with Crippen molar-refractivity contribution in [2.24, 2.45) is 4.99 Å². The van der Waals surface area contributed by atoms with Crippen LogP contribution in [0.2, 0.25) is 0 Å². The first kappa shape index (κ1) is 20.0. The summed E-state index contributed by atoms with van der Waals surface area (Å²) in [6, 6.07) is 3.20. The molecule has 152 valence electrons. The van der Waals surface area contributed by atoms with Crippen molar-refractivity contribution in [1.82, 2.24) is 4.90 Å². The van der Waals surface area contributed by atoms with Gasteiger partial charge in [-0.25, -0.2) is 9.79 Å². The summed E-state index contributed by atoms with van der Waals surface area (Å²) < 4.78 is 25.8. The average Bonchev–Trinajstić information content (AvgIpc) is 3.03. The Kier molecular flexibility index (Phi) is 5.87. The van der Waals surface area contributed by atoms with Gasteiger partial charge in [-0.3, -0.25) is 9.69 Å². The number of fused-ring (bicyclic) bond motifs is 1. The zero-order valence-corrected chi connectivity index (χ0v) is 16.4. The van der Waals surface area contributed by atoms with Gasteiger partial charge in [-0.05, 0) is 36.8 Å². The lowest BCUT2D eigenvalue weighted by Crippen LogP contribution is -2.27. The van der Waals surface area contributed by atoms with Crippen LogP contribution in [0.15, 0.2) is 46.9 Å². The predicted molar refractivity (Wildman–Crippen MR) is 104 cm³/mol. The molecule has 2 heterocycles. The van der Waals surface area contributed by atoms with E-state index in [2.05, 4.69) is 4.99 Å². The molecule has 1 aromatic rings. The minimum Gasteiger partial charge on any atom is -0.497 e. The van der Waals surface area contributed by atoms with Crippen LogP contribution in [0.5, 0.6) is 17.2 Å². The van der Waals surface area contributed by atoms with Crippen LogP contribution in [0, 0.1) is 0 Å². The summed E-state index contributed by atoms with van der Waals surface area (Å²) in [7, 11) is 4.39. The van der Waals surface area contributed by atoms with E-state index < -0.39 is 6.16 Å². The summed E-state index contributed by atoms with van der Waals surface area (Å²) in [5.74, 6) is 1.32. The third-order valence-electron chi connectivity index (χ3n) is 4.05. The van der Waals surface area contributed by atoms with Crippen molar-refractivity contribution in [3.05, 3.63) is 47.5 Å². The first-order chi connectivity index (χ1) is 14.0. The lowest BCUT2D eigenvalue weighted by Gasteiger charge is -2.15. The highest BCUT2D eigenvalue weighted by Gasteiger charge is 2.30. The zero-order valence-electron chi connectivity index (χ0n) is 16.4. The average molecular weight is 400 g/mol. The Morgan fingerprint density at radius 1 is 1.14 bits per heavy atom. The summed E-state index contributed by atoms with van der Waals surface area (Å²) in [6.07, 6.45) is 5.64. The van der Waals surface area contributed by atoms with Crippen LogP contribution in [0.3, 0.4) is 0 Å². The molecule has 29 heavy (non-hydrogen) atoms. The Labute approximate surface area is 167 Å². The van der Waals surface area contributed by atoms with Crippen molar-refractivity contribution in [3.63, 3.8) is 0 Å². The minimum absolute atomic E-state index is 0.0766. The third-order valence-corrected chi connectivity index (χ3v) is 4.05. The van der Waals surface area contributed by atoms with Crippen LogP contribution in [0.25, 0.3) is 6.08 Å². The second kappa shape index (κ2) is 8.51. The molecular formula is C20H20N2O7. The number of rotatable bonds is 6. The van der Waals surface area contributed by atoms with Crippen molar-refractivity contribution in [2.45, 2.75) is 6.92 Å². The molecule has 0 radical (unpaired) electrons. The monoisotopic (exact) mass is 400 g/mol. The number of amidine groups is 1. The van der Waals surface area contributed by atoms with Gasteiger partial charge in [0.05, 0.1) is 27.9 Å². The molecule has 0 atom stereocenters. The molecule has 0 fully saturated rings. The summed E-state index contributed by atoms with van der Waals surface area (Å²) in [5.41, 5.74) is 0.795. The fraction of sp³-hybridized carbons (Fsp3) is 0.250. The van der Waals surface area contributed by atoms with Crippen LogP contribution in [0.4, 0.5) is 4.79 Å². The van der Waals surface area contributed by atoms with Gasteiger partial charge in [0.15, 0.2) is 11.5 Å². The summed E-state index contributed by atoms with van der Waals surface area (Å²) >= 11 is 0. The van der Waals surface area contributed by atoms with Crippen molar-refractivity contribution >= 4 is 24.0 Å². The minimum atomic E-state index is -0.878. The fourth-order valence-electron chi connectivity index (χ4n) is 2.72. The quantitative estimate of drug-likeness (QED) is 0.412. The lowest BCUT2D eigenvalue weighted by atomic mass is 10.1. The van der Waals surface area contributed by atoms with Crippen LogP contribution < -0.4 is 14.2 Å². The van der Waals surface area contributed by atoms with E-state index in [1.54, 1.807) is 50.6 Å². The number of carbonyl (C=O) groups is 2. The van der Waals surface area contributed by atoms with E-state index in [0.29, 0.717) is 17.2 Å². The van der Waals surface area contributed by atoms with Gasteiger partial charge in [0, 0.05) is 12.3 Å². The highest BCUT2D eigenvalue weighted by molar-refractivity contribution is 6.19. The molecule has 1 aromatic carbocycles. The number of amides is 1. The molecule has 9 nitrogen and oxygen atoms in total. The van der Waals surface area contributed by atoms with Gasteiger partial charge in [0.2, 0.25) is 5.75 Å². The molecule has 9 heteroatoms. The second-order valence-electron chi connectivity index (χ2n) is 5.78. The molecule has 0 saturated heterocycles. The number of hydrogen-bond acceptors (Lipinski definition) is 8. The Balaban J connectivity index is 1.96. The number of carbonyl (C=O) groups excluding carboxylic acids is 2. The number of ether oxygens (including phenoxy) is 5. The van der Waals surface area contributed by atoms with Crippen molar-refractivity contribution in [1.29, 1.82) is 0 Å². The van der Waals surface area contributed by atoms with E-state index in [0.717, 1.165) is 0 Å². The standard InChI is InChI=1S/C20H20N2O7/c1-5-28-20(24)29-18-15(26-3)9-12(10-16(18)27-4)8-14-19(23)22-7-6-13(25-2)11-17(22)21-14/h6-11H,5H2,1-4H3/b14-8-. The van der Waals surface area contributed by atoms with Crippen molar-refractivity contribution in [2.75, 3.05) is 27.9 Å². The first-order valence-electron chi connectivity index (χ1n) is 8.69. The number of methoxy groups -OCH3 is 3. The molecule has 0 spiro atoms. The zero-order chi connectivity index (χ0) is 21.0. The maximum atomic E-state index is 12.6. The van der Waals surface area contributed by atoms with Gasteiger partial charge in [-0.2, -0.15) is 0 Å². The van der Waals surface area contributed by atoms with Crippen molar-refractivity contribution < 1.29 is 33.3 Å². The number of aliphatic imine (C=N–C) groups is 1. The first-order valence-corrected chi connectivity index (χ1v) is 8.69. The molecule has 0 aliphatic carbocycles. The SMILES string of the molecule is CCOC(=O)Oc1c(OC)cc(/C=C2\N=C3C=C(OC)C=CN3C2=O)cc1OC. The van der Waals surface area contributed by atoms with E-state index in [4.69, 9.17) is 23.7 Å². The molecule has 0 bridgehead atoms. The van der Waals surface area contributed by atoms with Crippen LogP contribution in [0.1, 0.15) is 12.5 Å². The topological polar surface area (TPSA) is 95.9 Å². The van der Waals surface area contributed by atoms with E-state index in [9.17, 15) is 9.59 Å². The summed E-state index contributed by atoms with van der Waals surface area (Å²) in [4.78, 5) is 30.1. The van der Waals surface area contributed by atoms with Gasteiger partial charge in [-0.15, -0.1) is 0 Å². The van der Waals surface area contributed by atoms with Crippen LogP contribution >= 0.6 is 0 Å². The smallest absolute Gasteiger partial charge is 0.497 e. The molecule has 3 rings (SSSR count). The van der Waals surface area contributed by atoms with Crippen LogP contribution in [-0.2, 0) is 14.3 Å². The largest absolute Gasteiger partial charge is 0.514 e. The summed E-state index contributed by atoms with van der Waals surface area (Å²) in [5, 5.41) is 0. The second-order valence-corrected chi connectivity index (χ2v) is 5.78. The fourth-order valence-corrected chi connectivity index (χ4v) is 2.72. The number of nitrogens with zero attached hydrogens (tertiary/aromatic N) is 2. The molecule has 2 aliphatic rings. The maximum Gasteiger partial charge on any atom is 0.514 e. The molecule has 1 amide bonds. The Bertz CT molecular complexity index is 935. The third kappa shape index (κ3) is 4.08. The van der Waals surface area contributed by atoms with Crippen LogP contribution in [-0.4, -0.2) is 50.7 Å². The normalized spacial score (nSPS) is 16.2. The van der Waals surface area contributed by atoms with Gasteiger partial charge in [0.1, 0.15) is 17.3 Å². The Hall–Kier alpha value is -3.75. The van der Waals surface area contributed by atoms with Gasteiger partial charge < -0.3 is 23.7 Å². The molecular weight excluding hydrogens is 380 g/mol. The number of hydrogen-bond donors (Lipinski definition) is 0. The van der Waals surface area contributed by atoms with Gasteiger partial charge >= 0.3 is 6.16 Å². The molecule has 0 unspecified atom stereocenters. The predicted octanol–water partition coefficient (Wildman–Crippen LogP) is 2.88. The highest BCUT2D eigenvalue weighted by atomic mass is 16.7. The van der Waals surface area contributed by atoms with Gasteiger partial charge in [0.25, 0.3) is 5.91 Å². The number of allylic oxidation sites excluding steroid dienone is 1. The molecule has 0 saturated carbocycles. The Morgan fingerprint density at radius 3 is 2.41 bits per heavy atom. The van der Waals surface area contributed by atoms with E-state index in [-0.39, 0.29) is 35.5 Å². The number of benzene rings is 1. The van der Waals surface area contributed by atoms with E-state index >= 15 is 0 Å². The molecule has 0 N–H and O–H groups in total. The van der Waals surface area contributed by atoms with E-state index in [1.165, 1.54) is 19.1 Å². The molecule has 2 aliphatic heterocycles. The van der Waals surface area contributed by atoms with Crippen molar-refractivity contribution in [3.8, 4) is 17.2 Å². The molecule has 0 aromatic heterocycles. The summed E-state index contributed by atoms with van der Waals surface area (Å²) in [6.45, 7) is 1.83. The van der Waals surface area contributed by atoms with E-state index in [1.807, 2.05) is 0 Å². The lowest BCUT2D eigenvalue weighted by molar-refractivity contribution is -0.120.